The van der Waals surface area contributed by atoms with Gasteiger partial charge in [0.05, 0.1) is 5.69 Å². The molecule has 1 aliphatic rings. The Kier molecular flexibility index (Phi) is 3.72. The van der Waals surface area contributed by atoms with E-state index in [1.165, 1.54) is 44.2 Å². The van der Waals surface area contributed by atoms with Gasteiger partial charge in [-0.15, -0.1) is 0 Å². The van der Waals surface area contributed by atoms with Crippen LogP contribution < -0.4 is 5.32 Å². The van der Waals surface area contributed by atoms with E-state index in [-0.39, 0.29) is 5.82 Å². The van der Waals surface area contributed by atoms with E-state index in [1.54, 1.807) is 6.07 Å². The highest BCUT2D eigenvalue weighted by Gasteiger charge is 2.18. The zero-order valence-corrected chi connectivity index (χ0v) is 11.8. The fourth-order valence-electron chi connectivity index (χ4n) is 2.94. The van der Waals surface area contributed by atoms with Crippen molar-refractivity contribution in [2.24, 2.45) is 0 Å². The number of hydrogen-bond acceptors (Lipinski definition) is 2. The lowest BCUT2D eigenvalue weighted by Crippen LogP contribution is -2.14. The fourth-order valence-corrected chi connectivity index (χ4v) is 2.94. The molecule has 0 amide bonds. The maximum atomic E-state index is 13.3. The molecule has 0 saturated heterocycles. The van der Waals surface area contributed by atoms with Crippen LogP contribution in [0.4, 0.5) is 16.0 Å². The Labute approximate surface area is 118 Å². The average molecular weight is 273 g/mol. The Morgan fingerprint density at radius 3 is 2.80 bits per heavy atom. The van der Waals surface area contributed by atoms with Crippen molar-refractivity contribution < 1.29 is 4.39 Å². The molecular weight excluding hydrogens is 253 g/mol. The first-order chi connectivity index (χ1) is 9.72. The molecule has 3 nitrogen and oxygen atoms in total. The standard InChI is InChI=1S/C16H20FN3/c1-12-11-20(15-8-3-2-4-9-15)16(18-12)19-14-7-5-6-13(17)10-14/h5-7,10-11,15H,2-4,8-9H2,1H3,(H,18,19). The molecule has 0 atom stereocenters. The van der Waals surface area contributed by atoms with Gasteiger partial charge in [0.2, 0.25) is 5.95 Å². The Balaban J connectivity index is 1.85. The summed E-state index contributed by atoms with van der Waals surface area (Å²) < 4.78 is 15.5. The number of nitrogens with one attached hydrogen (secondary N) is 1. The van der Waals surface area contributed by atoms with Gasteiger partial charge in [-0.2, -0.15) is 0 Å². The molecule has 0 spiro atoms. The lowest BCUT2D eigenvalue weighted by molar-refractivity contribution is 0.356. The summed E-state index contributed by atoms with van der Waals surface area (Å²) in [5.41, 5.74) is 1.74. The maximum absolute atomic E-state index is 13.3. The Morgan fingerprint density at radius 1 is 1.25 bits per heavy atom. The third-order valence-corrected chi connectivity index (χ3v) is 3.90. The molecule has 0 aliphatic heterocycles. The fraction of sp³-hybridized carbons (Fsp3) is 0.438. The van der Waals surface area contributed by atoms with E-state index in [2.05, 4.69) is 21.1 Å². The van der Waals surface area contributed by atoms with Crippen LogP contribution in [0, 0.1) is 12.7 Å². The normalized spacial score (nSPS) is 16.3. The molecule has 3 rings (SSSR count). The molecule has 1 heterocycles. The second kappa shape index (κ2) is 5.65. The zero-order chi connectivity index (χ0) is 13.9. The van der Waals surface area contributed by atoms with Crippen LogP contribution in [-0.2, 0) is 0 Å². The van der Waals surface area contributed by atoms with Gasteiger partial charge in [0, 0.05) is 17.9 Å². The van der Waals surface area contributed by atoms with Crippen LogP contribution in [0.2, 0.25) is 0 Å². The number of hydrogen-bond donors (Lipinski definition) is 1. The van der Waals surface area contributed by atoms with Crippen LogP contribution in [-0.4, -0.2) is 9.55 Å². The van der Waals surface area contributed by atoms with Crippen molar-refractivity contribution in [1.29, 1.82) is 0 Å². The van der Waals surface area contributed by atoms with Crippen LogP contribution >= 0.6 is 0 Å². The summed E-state index contributed by atoms with van der Waals surface area (Å²) in [6.45, 7) is 2.00. The number of halogens is 1. The van der Waals surface area contributed by atoms with Crippen molar-refractivity contribution in [3.05, 3.63) is 42.0 Å². The average Bonchev–Trinajstić information content (AvgIpc) is 2.80. The lowest BCUT2D eigenvalue weighted by atomic mass is 9.95. The summed E-state index contributed by atoms with van der Waals surface area (Å²) in [6.07, 6.45) is 8.39. The second-order valence-corrected chi connectivity index (χ2v) is 5.54. The summed E-state index contributed by atoms with van der Waals surface area (Å²) >= 11 is 0. The summed E-state index contributed by atoms with van der Waals surface area (Å²) in [5, 5.41) is 3.24. The first-order valence-electron chi connectivity index (χ1n) is 7.30. The van der Waals surface area contributed by atoms with Crippen molar-refractivity contribution in [2.45, 2.75) is 45.1 Å². The van der Waals surface area contributed by atoms with E-state index in [4.69, 9.17) is 0 Å². The van der Waals surface area contributed by atoms with Crippen LogP contribution in [0.25, 0.3) is 0 Å². The molecule has 1 N–H and O–H groups in total. The Hall–Kier alpha value is -1.84. The molecule has 0 radical (unpaired) electrons. The van der Waals surface area contributed by atoms with Gasteiger partial charge in [0.15, 0.2) is 0 Å². The summed E-state index contributed by atoms with van der Waals surface area (Å²) in [4.78, 5) is 4.54. The SMILES string of the molecule is Cc1cn(C2CCCCC2)c(Nc2cccc(F)c2)n1. The third-order valence-electron chi connectivity index (χ3n) is 3.90. The zero-order valence-electron chi connectivity index (χ0n) is 11.8. The van der Waals surface area contributed by atoms with Gasteiger partial charge in [-0.1, -0.05) is 25.3 Å². The molecule has 0 bridgehead atoms. The highest BCUT2D eigenvalue weighted by atomic mass is 19.1. The smallest absolute Gasteiger partial charge is 0.207 e. The molecule has 1 saturated carbocycles. The predicted molar refractivity (Wildman–Crippen MR) is 78.8 cm³/mol. The van der Waals surface area contributed by atoms with E-state index in [9.17, 15) is 4.39 Å². The van der Waals surface area contributed by atoms with E-state index in [1.807, 2.05) is 13.0 Å². The topological polar surface area (TPSA) is 29.9 Å². The molecule has 1 aromatic heterocycles. The number of rotatable bonds is 3. The number of nitrogens with zero attached hydrogens (tertiary/aromatic N) is 2. The molecule has 4 heteroatoms. The second-order valence-electron chi connectivity index (χ2n) is 5.54. The van der Waals surface area contributed by atoms with Crippen molar-refractivity contribution in [1.82, 2.24) is 9.55 Å². The predicted octanol–water partition coefficient (Wildman–Crippen LogP) is 4.58. The van der Waals surface area contributed by atoms with Crippen LogP contribution in [0.3, 0.4) is 0 Å². The first-order valence-corrected chi connectivity index (χ1v) is 7.30. The molecule has 1 fully saturated rings. The summed E-state index contributed by atoms with van der Waals surface area (Å²) in [7, 11) is 0. The number of aromatic nitrogens is 2. The number of imidazole rings is 1. The minimum Gasteiger partial charge on any atom is -0.325 e. The summed E-state index contributed by atoms with van der Waals surface area (Å²) in [5.74, 6) is 0.586. The van der Waals surface area contributed by atoms with Gasteiger partial charge >= 0.3 is 0 Å². The third kappa shape index (κ3) is 2.84. The van der Waals surface area contributed by atoms with Gasteiger partial charge < -0.3 is 9.88 Å². The maximum Gasteiger partial charge on any atom is 0.207 e. The van der Waals surface area contributed by atoms with Crippen molar-refractivity contribution in [3.63, 3.8) is 0 Å². The molecule has 106 valence electrons. The molecule has 0 unspecified atom stereocenters. The van der Waals surface area contributed by atoms with E-state index < -0.39 is 0 Å². The van der Waals surface area contributed by atoms with Crippen molar-refractivity contribution >= 4 is 11.6 Å². The van der Waals surface area contributed by atoms with Crippen LogP contribution in [0.15, 0.2) is 30.5 Å². The van der Waals surface area contributed by atoms with E-state index in [0.29, 0.717) is 6.04 Å². The summed E-state index contributed by atoms with van der Waals surface area (Å²) in [6, 6.07) is 7.02. The minimum atomic E-state index is -0.234. The monoisotopic (exact) mass is 273 g/mol. The first kappa shape index (κ1) is 13.2. The molecular formula is C16H20FN3. The van der Waals surface area contributed by atoms with E-state index in [0.717, 1.165) is 17.3 Å². The van der Waals surface area contributed by atoms with Gasteiger partial charge in [-0.3, -0.25) is 0 Å². The highest BCUT2D eigenvalue weighted by Crippen LogP contribution is 2.31. The lowest BCUT2D eigenvalue weighted by Gasteiger charge is -2.24. The Bertz CT molecular complexity index is 585. The van der Waals surface area contributed by atoms with E-state index >= 15 is 0 Å². The van der Waals surface area contributed by atoms with Gasteiger partial charge in [0.25, 0.3) is 0 Å². The van der Waals surface area contributed by atoms with Crippen LogP contribution in [0.5, 0.6) is 0 Å². The minimum absolute atomic E-state index is 0.234. The van der Waals surface area contributed by atoms with Crippen molar-refractivity contribution in [2.75, 3.05) is 5.32 Å². The van der Waals surface area contributed by atoms with Crippen molar-refractivity contribution in [3.8, 4) is 0 Å². The van der Waals surface area contributed by atoms with Gasteiger partial charge in [-0.05, 0) is 38.0 Å². The molecule has 2 aromatic rings. The molecule has 1 aliphatic carbocycles. The molecule has 20 heavy (non-hydrogen) atoms. The Morgan fingerprint density at radius 2 is 2.05 bits per heavy atom. The highest BCUT2D eigenvalue weighted by molar-refractivity contribution is 5.54. The largest absolute Gasteiger partial charge is 0.325 e. The number of anilines is 2. The number of benzene rings is 1. The molecule has 1 aromatic carbocycles. The van der Waals surface area contributed by atoms with Crippen LogP contribution in [0.1, 0.15) is 43.8 Å². The van der Waals surface area contributed by atoms with Gasteiger partial charge in [0.1, 0.15) is 5.82 Å². The quantitative estimate of drug-likeness (QED) is 0.887. The van der Waals surface area contributed by atoms with Gasteiger partial charge in [-0.25, -0.2) is 9.37 Å². The number of aryl methyl sites for hydroxylation is 1.